The molecule has 1 rings (SSSR count). The number of esters is 1. The smallest absolute Gasteiger partial charge is 0.426 e. The average Bonchev–Trinajstić information content (AvgIpc) is 2.69. The topological polar surface area (TPSA) is 63.5 Å². The van der Waals surface area contributed by atoms with Crippen LogP contribution in [0.5, 0.6) is 0 Å². The summed E-state index contributed by atoms with van der Waals surface area (Å²) in [5, 5.41) is 4.55. The molecule has 0 saturated carbocycles. The highest BCUT2D eigenvalue weighted by atomic mass is 19.4. The molecule has 0 unspecified atom stereocenters. The Hall–Kier alpha value is -1.59. The van der Waals surface area contributed by atoms with Gasteiger partial charge in [-0.3, -0.25) is 0 Å². The van der Waals surface area contributed by atoms with Crippen molar-refractivity contribution in [2.24, 2.45) is 10.3 Å². The summed E-state index contributed by atoms with van der Waals surface area (Å²) in [4.78, 5) is 14.8. The molecule has 110 valence electrons. The van der Waals surface area contributed by atoms with E-state index in [0.29, 0.717) is 0 Å². The lowest BCUT2D eigenvalue weighted by Gasteiger charge is -2.36. The predicted molar refractivity (Wildman–Crippen MR) is 44.4 cm³/mol. The zero-order chi connectivity index (χ0) is 14.9. The van der Waals surface area contributed by atoms with Crippen LogP contribution in [0.25, 0.3) is 0 Å². The Labute approximate surface area is 101 Å². The van der Waals surface area contributed by atoms with Crippen molar-refractivity contribution in [1.29, 1.82) is 0 Å². The number of nitrogens with zero attached hydrogens (tertiary/aromatic N) is 3. The third-order valence-electron chi connectivity index (χ3n) is 2.24. The zero-order valence-electron chi connectivity index (χ0n) is 9.25. The molecule has 0 saturated heterocycles. The number of ether oxygens (including phenoxy) is 1. The molecule has 0 N–H and O–H groups in total. The van der Waals surface area contributed by atoms with Crippen LogP contribution in [0.4, 0.5) is 26.3 Å². The fraction of sp³-hybridized carbons (Fsp3) is 0.857. The first-order valence-corrected chi connectivity index (χ1v) is 4.57. The first kappa shape index (κ1) is 15.5. The molecule has 0 radical (unpaired) electrons. The molecule has 19 heavy (non-hydrogen) atoms. The van der Waals surface area contributed by atoms with Gasteiger partial charge in [0, 0.05) is 0 Å². The molecular weight excluding hydrogens is 288 g/mol. The second kappa shape index (κ2) is 4.83. The lowest BCUT2D eigenvalue weighted by molar-refractivity contribution is -0.389. The Morgan fingerprint density at radius 2 is 1.79 bits per heavy atom. The van der Waals surface area contributed by atoms with Crippen LogP contribution in [-0.4, -0.2) is 49.3 Å². The number of alkyl halides is 6. The van der Waals surface area contributed by atoms with Gasteiger partial charge in [-0.05, 0) is 5.22 Å². The molecule has 0 aromatic carbocycles. The van der Waals surface area contributed by atoms with Gasteiger partial charge in [0.1, 0.15) is 6.54 Å². The van der Waals surface area contributed by atoms with Crippen LogP contribution in [0.3, 0.4) is 0 Å². The minimum absolute atomic E-state index is 0.760. The molecule has 0 atom stereocenters. The largest absolute Gasteiger partial charge is 0.467 e. The second-order valence-corrected chi connectivity index (χ2v) is 3.37. The lowest BCUT2D eigenvalue weighted by atomic mass is 9.99. The van der Waals surface area contributed by atoms with Gasteiger partial charge in [-0.1, -0.05) is 0 Å². The Morgan fingerprint density at radius 3 is 2.21 bits per heavy atom. The molecule has 1 aliphatic heterocycles. The molecule has 1 heterocycles. The van der Waals surface area contributed by atoms with Crippen molar-refractivity contribution < 1.29 is 40.7 Å². The van der Waals surface area contributed by atoms with Crippen LogP contribution in [0.1, 0.15) is 0 Å². The van der Waals surface area contributed by atoms with E-state index in [1.807, 2.05) is 0 Å². The van der Waals surface area contributed by atoms with Crippen LogP contribution in [0, 0.1) is 0 Å². The van der Waals surface area contributed by atoms with Crippen molar-refractivity contribution in [2.45, 2.75) is 17.9 Å². The average molecular weight is 295 g/mol. The van der Waals surface area contributed by atoms with Gasteiger partial charge < -0.3 is 4.74 Å². The maximum atomic E-state index is 12.7. The maximum Gasteiger partial charge on any atom is 0.426 e. The number of hydrogen-bond donors (Lipinski definition) is 0. The van der Waals surface area contributed by atoms with Gasteiger partial charge in [-0.15, -0.1) is 5.17 Å². The van der Waals surface area contributed by atoms with Crippen molar-refractivity contribution >= 4 is 5.97 Å². The molecule has 0 aliphatic carbocycles. The quantitative estimate of drug-likeness (QED) is 0.586. The van der Waals surface area contributed by atoms with Gasteiger partial charge in [0.15, 0.2) is 6.61 Å². The number of rotatable bonds is 3. The number of methoxy groups -OCH3 is 1. The number of hydrogen-bond acceptors (Lipinski definition) is 6. The van der Waals surface area contributed by atoms with Gasteiger partial charge in [-0.25, -0.2) is 9.63 Å². The Bertz CT molecular complexity index is 365. The van der Waals surface area contributed by atoms with E-state index in [1.54, 1.807) is 0 Å². The number of carbonyl (C=O) groups is 1. The molecule has 0 aromatic rings. The molecule has 0 aromatic heterocycles. The summed E-state index contributed by atoms with van der Waals surface area (Å²) >= 11 is 0. The lowest BCUT2D eigenvalue weighted by Crippen LogP contribution is -2.66. The summed E-state index contributed by atoms with van der Waals surface area (Å²) in [5.41, 5.74) is -4.41. The van der Waals surface area contributed by atoms with E-state index in [0.717, 1.165) is 7.11 Å². The van der Waals surface area contributed by atoms with Crippen molar-refractivity contribution in [3.8, 4) is 0 Å². The van der Waals surface area contributed by atoms with Crippen molar-refractivity contribution in [2.75, 3.05) is 20.3 Å². The highest BCUT2D eigenvalue weighted by molar-refractivity contribution is 5.70. The first-order chi connectivity index (χ1) is 8.56. The maximum absolute atomic E-state index is 12.7. The van der Waals surface area contributed by atoms with Gasteiger partial charge >= 0.3 is 18.3 Å². The summed E-state index contributed by atoms with van der Waals surface area (Å²) in [6.07, 6.45) is -11.5. The molecule has 0 amide bonds. The number of carbonyl (C=O) groups excluding carboxylic acids is 1. The third-order valence-corrected chi connectivity index (χ3v) is 2.24. The zero-order valence-corrected chi connectivity index (χ0v) is 9.25. The number of hydroxylamine groups is 1. The summed E-state index contributed by atoms with van der Waals surface area (Å²) in [6, 6.07) is 0. The summed E-state index contributed by atoms with van der Waals surface area (Å²) < 4.78 is 80.2. The van der Waals surface area contributed by atoms with E-state index in [9.17, 15) is 31.1 Å². The normalized spacial score (nSPS) is 18.8. The standard InChI is InChI=1S/C7H7F6N3O3/c1-18-4(17)2-19-16-5(3-14-15-16,6(8,9)10)7(11,12)13/h2-3H2,1H3. The number of halogens is 6. The highest BCUT2D eigenvalue weighted by Crippen LogP contribution is 2.49. The van der Waals surface area contributed by atoms with E-state index in [1.165, 1.54) is 0 Å². The van der Waals surface area contributed by atoms with Crippen molar-refractivity contribution in [3.05, 3.63) is 0 Å². The Kier molecular flexibility index (Phi) is 3.93. The van der Waals surface area contributed by atoms with E-state index in [4.69, 9.17) is 0 Å². The van der Waals surface area contributed by atoms with Crippen LogP contribution >= 0.6 is 0 Å². The molecule has 0 spiro atoms. The molecule has 6 nitrogen and oxygen atoms in total. The van der Waals surface area contributed by atoms with E-state index in [-0.39, 0.29) is 0 Å². The van der Waals surface area contributed by atoms with E-state index < -0.39 is 42.2 Å². The van der Waals surface area contributed by atoms with Crippen LogP contribution in [-0.2, 0) is 14.4 Å². The molecule has 0 fully saturated rings. The fourth-order valence-electron chi connectivity index (χ4n) is 1.19. The Morgan fingerprint density at radius 1 is 1.26 bits per heavy atom. The predicted octanol–water partition coefficient (Wildman–Crippen LogP) is 1.64. The summed E-state index contributed by atoms with van der Waals surface area (Å²) in [6.45, 7) is -2.87. The monoisotopic (exact) mass is 295 g/mol. The minimum atomic E-state index is -5.75. The van der Waals surface area contributed by atoms with Crippen molar-refractivity contribution in [1.82, 2.24) is 5.17 Å². The van der Waals surface area contributed by atoms with Gasteiger partial charge in [0.05, 0.1) is 7.11 Å². The third kappa shape index (κ3) is 2.57. The van der Waals surface area contributed by atoms with Crippen LogP contribution in [0.15, 0.2) is 10.3 Å². The summed E-state index contributed by atoms with van der Waals surface area (Å²) in [7, 11) is 0.887. The fourth-order valence-corrected chi connectivity index (χ4v) is 1.19. The van der Waals surface area contributed by atoms with Gasteiger partial charge in [0.2, 0.25) is 0 Å². The van der Waals surface area contributed by atoms with Gasteiger partial charge in [-0.2, -0.15) is 31.5 Å². The first-order valence-electron chi connectivity index (χ1n) is 4.57. The molecule has 1 aliphatic rings. The van der Waals surface area contributed by atoms with Gasteiger partial charge in [0.25, 0.3) is 5.54 Å². The van der Waals surface area contributed by atoms with Crippen LogP contribution in [0.2, 0.25) is 0 Å². The Balaban J connectivity index is 3.01. The highest BCUT2D eigenvalue weighted by Gasteiger charge is 2.77. The van der Waals surface area contributed by atoms with E-state index >= 15 is 0 Å². The minimum Gasteiger partial charge on any atom is -0.467 e. The molecule has 0 bridgehead atoms. The SMILES string of the molecule is COC(=O)CON1N=NCC1(C(F)(F)F)C(F)(F)F. The van der Waals surface area contributed by atoms with Crippen LogP contribution < -0.4 is 0 Å². The van der Waals surface area contributed by atoms with Crippen molar-refractivity contribution in [3.63, 3.8) is 0 Å². The molecule has 12 heteroatoms. The molecular formula is C7H7F6N3O3. The second-order valence-electron chi connectivity index (χ2n) is 3.37. The van der Waals surface area contributed by atoms with E-state index in [2.05, 4.69) is 19.9 Å². The summed E-state index contributed by atoms with van der Waals surface area (Å²) in [5.74, 6) is -1.17.